The van der Waals surface area contributed by atoms with Crippen LogP contribution in [0.5, 0.6) is 0 Å². The molecular formula is C16H23N3O4. The standard InChI is InChI=1S/C16H23N3O4/c1-2-14(12-20)17-6-8-18(9-7-17)16(21)11-13-4-3-5-15(10-13)19(22)23/h3-5,10,14,20H,2,6-9,11-12H2,1H3. The lowest BCUT2D eigenvalue weighted by atomic mass is 10.1. The van der Waals surface area contributed by atoms with Crippen LogP contribution in [-0.2, 0) is 11.2 Å². The van der Waals surface area contributed by atoms with E-state index in [1.54, 1.807) is 17.0 Å². The number of nitro groups is 1. The Labute approximate surface area is 135 Å². The zero-order valence-corrected chi connectivity index (χ0v) is 13.4. The van der Waals surface area contributed by atoms with Crippen molar-refractivity contribution in [2.75, 3.05) is 32.8 Å². The molecule has 0 spiro atoms. The number of carbonyl (C=O) groups is 1. The van der Waals surface area contributed by atoms with Crippen molar-refractivity contribution in [1.29, 1.82) is 0 Å². The molecule has 1 fully saturated rings. The van der Waals surface area contributed by atoms with Crippen LogP contribution >= 0.6 is 0 Å². The molecular weight excluding hydrogens is 298 g/mol. The number of nitro benzene ring substituents is 1. The molecule has 0 bridgehead atoms. The minimum Gasteiger partial charge on any atom is -0.395 e. The smallest absolute Gasteiger partial charge is 0.269 e. The van der Waals surface area contributed by atoms with Crippen molar-refractivity contribution in [2.45, 2.75) is 25.8 Å². The van der Waals surface area contributed by atoms with Crippen molar-refractivity contribution >= 4 is 11.6 Å². The van der Waals surface area contributed by atoms with Gasteiger partial charge in [-0.15, -0.1) is 0 Å². The van der Waals surface area contributed by atoms with E-state index in [1.807, 2.05) is 6.92 Å². The summed E-state index contributed by atoms with van der Waals surface area (Å²) in [7, 11) is 0. The third kappa shape index (κ3) is 4.49. The number of aliphatic hydroxyl groups excluding tert-OH is 1. The van der Waals surface area contributed by atoms with Gasteiger partial charge in [0.25, 0.3) is 5.69 Å². The van der Waals surface area contributed by atoms with E-state index in [4.69, 9.17) is 0 Å². The summed E-state index contributed by atoms with van der Waals surface area (Å²) in [6, 6.07) is 6.37. The number of rotatable bonds is 6. The number of piperazine rings is 1. The number of hydrogen-bond donors (Lipinski definition) is 1. The highest BCUT2D eigenvalue weighted by Crippen LogP contribution is 2.15. The lowest BCUT2D eigenvalue weighted by Crippen LogP contribution is -2.53. The maximum Gasteiger partial charge on any atom is 0.269 e. The van der Waals surface area contributed by atoms with Gasteiger partial charge in [0.2, 0.25) is 5.91 Å². The molecule has 1 aliphatic heterocycles. The Bertz CT molecular complexity index is 552. The molecule has 2 rings (SSSR count). The Balaban J connectivity index is 1.90. The predicted octanol–water partition coefficient (Wildman–Crippen LogP) is 1.05. The molecule has 0 aliphatic carbocycles. The molecule has 1 saturated heterocycles. The van der Waals surface area contributed by atoms with Crippen LogP contribution in [-0.4, -0.2) is 64.6 Å². The Morgan fingerprint density at radius 1 is 1.35 bits per heavy atom. The van der Waals surface area contributed by atoms with E-state index in [-0.39, 0.29) is 30.7 Å². The van der Waals surface area contributed by atoms with Gasteiger partial charge in [0.15, 0.2) is 0 Å². The normalized spacial score (nSPS) is 17.0. The first kappa shape index (κ1) is 17.4. The largest absolute Gasteiger partial charge is 0.395 e. The molecule has 0 saturated carbocycles. The summed E-state index contributed by atoms with van der Waals surface area (Å²) in [5, 5.41) is 20.1. The highest BCUT2D eigenvalue weighted by Gasteiger charge is 2.25. The highest BCUT2D eigenvalue weighted by molar-refractivity contribution is 5.79. The van der Waals surface area contributed by atoms with E-state index in [0.717, 1.165) is 19.5 Å². The van der Waals surface area contributed by atoms with Gasteiger partial charge in [0, 0.05) is 44.4 Å². The average Bonchev–Trinajstić information content (AvgIpc) is 2.56. The fraction of sp³-hybridized carbons (Fsp3) is 0.562. The predicted molar refractivity (Wildman–Crippen MR) is 86.1 cm³/mol. The summed E-state index contributed by atoms with van der Waals surface area (Å²) in [6.07, 6.45) is 1.07. The molecule has 1 atom stereocenters. The molecule has 1 amide bonds. The number of benzene rings is 1. The van der Waals surface area contributed by atoms with E-state index in [2.05, 4.69) is 4.90 Å². The summed E-state index contributed by atoms with van der Waals surface area (Å²) in [6.45, 7) is 4.94. The van der Waals surface area contributed by atoms with Gasteiger partial charge in [-0.1, -0.05) is 19.1 Å². The van der Waals surface area contributed by atoms with Crippen LogP contribution in [0.2, 0.25) is 0 Å². The molecule has 7 nitrogen and oxygen atoms in total. The number of hydrogen-bond acceptors (Lipinski definition) is 5. The minimum atomic E-state index is -0.452. The maximum absolute atomic E-state index is 12.4. The Hall–Kier alpha value is -1.99. The Kier molecular flexibility index (Phi) is 6.06. The fourth-order valence-electron chi connectivity index (χ4n) is 2.91. The molecule has 1 aromatic carbocycles. The first-order valence-electron chi connectivity index (χ1n) is 7.91. The lowest BCUT2D eigenvalue weighted by molar-refractivity contribution is -0.384. The van der Waals surface area contributed by atoms with Crippen LogP contribution in [0.4, 0.5) is 5.69 Å². The third-order valence-electron chi connectivity index (χ3n) is 4.34. The van der Waals surface area contributed by atoms with Gasteiger partial charge >= 0.3 is 0 Å². The first-order chi connectivity index (χ1) is 11.0. The number of amides is 1. The summed E-state index contributed by atoms with van der Waals surface area (Å²) in [4.78, 5) is 26.7. The number of nitrogens with zero attached hydrogens (tertiary/aromatic N) is 3. The topological polar surface area (TPSA) is 86.9 Å². The van der Waals surface area contributed by atoms with E-state index in [0.29, 0.717) is 18.7 Å². The van der Waals surface area contributed by atoms with Gasteiger partial charge in [0.1, 0.15) is 0 Å². The summed E-state index contributed by atoms with van der Waals surface area (Å²) in [5.74, 6) is -0.0119. The van der Waals surface area contributed by atoms with Crippen LogP contribution in [0, 0.1) is 10.1 Å². The molecule has 1 aromatic rings. The Morgan fingerprint density at radius 3 is 2.61 bits per heavy atom. The molecule has 1 heterocycles. The molecule has 1 unspecified atom stereocenters. The van der Waals surface area contributed by atoms with Gasteiger partial charge in [0.05, 0.1) is 18.0 Å². The van der Waals surface area contributed by atoms with Gasteiger partial charge in [-0.3, -0.25) is 19.8 Å². The van der Waals surface area contributed by atoms with Crippen molar-refractivity contribution < 1.29 is 14.8 Å². The van der Waals surface area contributed by atoms with Crippen LogP contribution in [0.1, 0.15) is 18.9 Å². The van der Waals surface area contributed by atoms with Crippen molar-refractivity contribution in [3.63, 3.8) is 0 Å². The van der Waals surface area contributed by atoms with Gasteiger partial charge in [-0.25, -0.2) is 0 Å². The first-order valence-corrected chi connectivity index (χ1v) is 7.91. The Morgan fingerprint density at radius 2 is 2.04 bits per heavy atom. The van der Waals surface area contributed by atoms with Crippen molar-refractivity contribution in [1.82, 2.24) is 9.80 Å². The monoisotopic (exact) mass is 321 g/mol. The maximum atomic E-state index is 12.4. The quantitative estimate of drug-likeness (QED) is 0.625. The van der Waals surface area contributed by atoms with Gasteiger partial charge in [-0.2, -0.15) is 0 Å². The van der Waals surface area contributed by atoms with Crippen LogP contribution in [0.15, 0.2) is 24.3 Å². The fourth-order valence-corrected chi connectivity index (χ4v) is 2.91. The second-order valence-electron chi connectivity index (χ2n) is 5.77. The zero-order chi connectivity index (χ0) is 16.8. The zero-order valence-electron chi connectivity index (χ0n) is 13.4. The molecule has 0 aromatic heterocycles. The van der Waals surface area contributed by atoms with Crippen LogP contribution < -0.4 is 0 Å². The van der Waals surface area contributed by atoms with E-state index in [9.17, 15) is 20.0 Å². The van der Waals surface area contributed by atoms with Gasteiger partial charge in [-0.05, 0) is 12.0 Å². The van der Waals surface area contributed by atoms with E-state index < -0.39 is 4.92 Å². The molecule has 23 heavy (non-hydrogen) atoms. The van der Waals surface area contributed by atoms with Crippen LogP contribution in [0.25, 0.3) is 0 Å². The van der Waals surface area contributed by atoms with E-state index in [1.165, 1.54) is 12.1 Å². The van der Waals surface area contributed by atoms with Crippen molar-refractivity contribution in [3.8, 4) is 0 Å². The SMILES string of the molecule is CCC(CO)N1CCN(C(=O)Cc2cccc([N+](=O)[O-])c2)CC1. The van der Waals surface area contributed by atoms with E-state index >= 15 is 0 Å². The van der Waals surface area contributed by atoms with Crippen molar-refractivity contribution in [2.24, 2.45) is 0 Å². The minimum absolute atomic E-state index is 0.00820. The van der Waals surface area contributed by atoms with Crippen molar-refractivity contribution in [3.05, 3.63) is 39.9 Å². The average molecular weight is 321 g/mol. The lowest BCUT2D eigenvalue weighted by Gasteiger charge is -2.38. The second kappa shape index (κ2) is 8.03. The summed E-state index contributed by atoms with van der Waals surface area (Å²) >= 11 is 0. The molecule has 1 N–H and O–H groups in total. The summed E-state index contributed by atoms with van der Waals surface area (Å²) in [5.41, 5.74) is 0.669. The molecule has 7 heteroatoms. The molecule has 0 radical (unpaired) electrons. The molecule has 126 valence electrons. The second-order valence-corrected chi connectivity index (χ2v) is 5.77. The third-order valence-corrected chi connectivity index (χ3v) is 4.34. The summed E-state index contributed by atoms with van der Waals surface area (Å²) < 4.78 is 0. The number of carbonyl (C=O) groups excluding carboxylic acids is 1. The number of aliphatic hydroxyl groups is 1. The van der Waals surface area contributed by atoms with Gasteiger partial charge < -0.3 is 10.0 Å². The van der Waals surface area contributed by atoms with Crippen LogP contribution in [0.3, 0.4) is 0 Å². The highest BCUT2D eigenvalue weighted by atomic mass is 16.6. The number of non-ortho nitro benzene ring substituents is 1. The molecule has 1 aliphatic rings.